The van der Waals surface area contributed by atoms with Gasteiger partial charge in [-0.1, -0.05) is 13.8 Å². The molecule has 0 aromatic carbocycles. The predicted octanol–water partition coefficient (Wildman–Crippen LogP) is 2.36. The van der Waals surface area contributed by atoms with Gasteiger partial charge in [0.25, 0.3) is 0 Å². The number of hydrogen-bond acceptors (Lipinski definition) is 2. The zero-order valence-corrected chi connectivity index (χ0v) is 12.1. The van der Waals surface area contributed by atoms with E-state index in [1.165, 1.54) is 6.42 Å². The molecule has 5 heteroatoms. The first-order valence-corrected chi connectivity index (χ1v) is 7.19. The molecule has 3 N–H and O–H groups in total. The van der Waals surface area contributed by atoms with E-state index in [1.807, 2.05) is 6.92 Å². The van der Waals surface area contributed by atoms with Gasteiger partial charge in [0, 0.05) is 18.5 Å². The van der Waals surface area contributed by atoms with E-state index in [9.17, 15) is 9.59 Å². The van der Waals surface area contributed by atoms with Crippen LogP contribution in [0.3, 0.4) is 0 Å². The van der Waals surface area contributed by atoms with Gasteiger partial charge in [0.05, 0.1) is 0 Å². The Balaban J connectivity index is 2.21. The lowest BCUT2D eigenvalue weighted by atomic mass is 9.98. The number of urea groups is 1. The summed E-state index contributed by atoms with van der Waals surface area (Å²) in [5, 5.41) is 14.4. The van der Waals surface area contributed by atoms with E-state index in [-0.39, 0.29) is 24.5 Å². The minimum atomic E-state index is -0.787. The zero-order valence-electron chi connectivity index (χ0n) is 12.1. The molecule has 1 rings (SSSR count). The second kappa shape index (κ2) is 7.36. The van der Waals surface area contributed by atoms with Gasteiger partial charge in [-0.15, -0.1) is 0 Å². The second-order valence-corrected chi connectivity index (χ2v) is 5.83. The van der Waals surface area contributed by atoms with Gasteiger partial charge in [-0.2, -0.15) is 0 Å². The third-order valence-corrected chi connectivity index (χ3v) is 4.19. The fourth-order valence-electron chi connectivity index (χ4n) is 2.63. The molecule has 1 saturated carbocycles. The quantitative estimate of drug-likeness (QED) is 0.693. The highest BCUT2D eigenvalue weighted by Gasteiger charge is 2.30. The lowest BCUT2D eigenvalue weighted by molar-refractivity contribution is -0.137. The normalized spacial score (nSPS) is 27.8. The number of hydrogen-bond donors (Lipinski definition) is 3. The van der Waals surface area contributed by atoms with Crippen LogP contribution >= 0.6 is 0 Å². The lowest BCUT2D eigenvalue weighted by Gasteiger charge is -2.21. The molecule has 0 saturated heterocycles. The zero-order chi connectivity index (χ0) is 14.4. The summed E-state index contributed by atoms with van der Waals surface area (Å²) in [6.07, 6.45) is 3.65. The maximum Gasteiger partial charge on any atom is 0.315 e. The van der Waals surface area contributed by atoms with E-state index < -0.39 is 5.97 Å². The Hall–Kier alpha value is -1.26. The number of carbonyl (C=O) groups is 2. The second-order valence-electron chi connectivity index (χ2n) is 5.83. The van der Waals surface area contributed by atoms with E-state index in [0.717, 1.165) is 6.42 Å². The van der Waals surface area contributed by atoms with Crippen LogP contribution in [0.2, 0.25) is 0 Å². The van der Waals surface area contributed by atoms with Crippen LogP contribution in [0, 0.1) is 11.8 Å². The lowest BCUT2D eigenvalue weighted by Crippen LogP contribution is -2.46. The molecule has 2 amide bonds. The molecule has 0 radical (unpaired) electrons. The van der Waals surface area contributed by atoms with Crippen molar-refractivity contribution in [1.29, 1.82) is 0 Å². The number of nitrogens with one attached hydrogen (secondary N) is 2. The van der Waals surface area contributed by atoms with Crippen molar-refractivity contribution in [2.45, 2.75) is 65.0 Å². The first kappa shape index (κ1) is 15.8. The third kappa shape index (κ3) is 5.49. The molecule has 0 bridgehead atoms. The molecule has 110 valence electrons. The Morgan fingerprint density at radius 2 is 2.00 bits per heavy atom. The summed E-state index contributed by atoms with van der Waals surface area (Å²) in [5.41, 5.74) is 0. The van der Waals surface area contributed by atoms with Gasteiger partial charge in [-0.3, -0.25) is 4.79 Å². The molecular weight excluding hydrogens is 244 g/mol. The Morgan fingerprint density at radius 3 is 2.53 bits per heavy atom. The monoisotopic (exact) mass is 270 g/mol. The standard InChI is InChI=1S/C14H26N2O3/c1-9-7-8-12(11(9)3)16-14(19)15-10(2)5-4-6-13(17)18/h9-12H,4-8H2,1-3H3,(H,17,18)(H2,15,16,19). The van der Waals surface area contributed by atoms with Crippen LogP contribution in [0.4, 0.5) is 4.79 Å². The van der Waals surface area contributed by atoms with Crippen LogP contribution in [0.25, 0.3) is 0 Å². The molecule has 4 atom stereocenters. The minimum Gasteiger partial charge on any atom is -0.481 e. The smallest absolute Gasteiger partial charge is 0.315 e. The summed E-state index contributed by atoms with van der Waals surface area (Å²) in [7, 11) is 0. The molecule has 0 aliphatic heterocycles. The molecule has 1 fully saturated rings. The van der Waals surface area contributed by atoms with Crippen LogP contribution in [0.5, 0.6) is 0 Å². The van der Waals surface area contributed by atoms with Crippen LogP contribution in [0.15, 0.2) is 0 Å². The molecule has 5 nitrogen and oxygen atoms in total. The fourth-order valence-corrected chi connectivity index (χ4v) is 2.63. The van der Waals surface area contributed by atoms with Crippen LogP contribution in [-0.2, 0) is 4.79 Å². The van der Waals surface area contributed by atoms with Crippen molar-refractivity contribution in [1.82, 2.24) is 10.6 Å². The topological polar surface area (TPSA) is 78.4 Å². The number of amides is 2. The first-order valence-electron chi connectivity index (χ1n) is 7.19. The molecule has 0 aromatic rings. The molecule has 1 aliphatic carbocycles. The highest BCUT2D eigenvalue weighted by molar-refractivity contribution is 5.74. The molecule has 0 aromatic heterocycles. The van der Waals surface area contributed by atoms with Gasteiger partial charge in [0.15, 0.2) is 0 Å². The van der Waals surface area contributed by atoms with Crippen LogP contribution in [0.1, 0.15) is 52.9 Å². The number of carboxylic acid groups (broad SMARTS) is 1. The summed E-state index contributed by atoms with van der Waals surface area (Å²) in [6, 6.07) is 0.142. The number of carbonyl (C=O) groups excluding carboxylic acids is 1. The molecule has 0 spiro atoms. The van der Waals surface area contributed by atoms with Crippen molar-refractivity contribution >= 4 is 12.0 Å². The maximum atomic E-state index is 11.8. The van der Waals surface area contributed by atoms with Crippen LogP contribution < -0.4 is 10.6 Å². The Labute approximate surface area is 115 Å². The Bertz CT molecular complexity index is 320. The van der Waals surface area contributed by atoms with E-state index in [0.29, 0.717) is 24.7 Å². The van der Waals surface area contributed by atoms with E-state index in [2.05, 4.69) is 24.5 Å². The first-order chi connectivity index (χ1) is 8.90. The number of rotatable bonds is 6. The highest BCUT2D eigenvalue weighted by Crippen LogP contribution is 2.30. The molecule has 1 aliphatic rings. The van der Waals surface area contributed by atoms with Gasteiger partial charge < -0.3 is 15.7 Å². The van der Waals surface area contributed by atoms with Crippen molar-refractivity contribution in [3.05, 3.63) is 0 Å². The SMILES string of the molecule is CC(CCCC(=O)O)NC(=O)NC1CCC(C)C1C. The van der Waals surface area contributed by atoms with Crippen LogP contribution in [-0.4, -0.2) is 29.2 Å². The number of aliphatic carboxylic acids is 1. The summed E-state index contributed by atoms with van der Waals surface area (Å²) in [4.78, 5) is 22.2. The van der Waals surface area contributed by atoms with Crippen molar-refractivity contribution < 1.29 is 14.7 Å². The minimum absolute atomic E-state index is 0.00785. The average molecular weight is 270 g/mol. The Morgan fingerprint density at radius 1 is 1.32 bits per heavy atom. The van der Waals surface area contributed by atoms with Gasteiger partial charge >= 0.3 is 12.0 Å². The van der Waals surface area contributed by atoms with Crippen molar-refractivity contribution in [3.8, 4) is 0 Å². The van der Waals surface area contributed by atoms with Gasteiger partial charge in [-0.25, -0.2) is 4.79 Å². The average Bonchev–Trinajstić information content (AvgIpc) is 2.60. The summed E-state index contributed by atoms with van der Waals surface area (Å²) < 4.78 is 0. The van der Waals surface area contributed by atoms with Gasteiger partial charge in [0.1, 0.15) is 0 Å². The summed E-state index contributed by atoms with van der Waals surface area (Å²) in [6.45, 7) is 6.31. The summed E-state index contributed by atoms with van der Waals surface area (Å²) >= 11 is 0. The van der Waals surface area contributed by atoms with E-state index >= 15 is 0 Å². The third-order valence-electron chi connectivity index (χ3n) is 4.19. The van der Waals surface area contributed by atoms with E-state index in [1.54, 1.807) is 0 Å². The fraction of sp³-hybridized carbons (Fsp3) is 0.857. The van der Waals surface area contributed by atoms with Gasteiger partial charge in [0.2, 0.25) is 0 Å². The number of carboxylic acids is 1. The highest BCUT2D eigenvalue weighted by atomic mass is 16.4. The van der Waals surface area contributed by atoms with Gasteiger partial charge in [-0.05, 0) is 44.4 Å². The molecule has 4 unspecified atom stereocenters. The predicted molar refractivity (Wildman–Crippen MR) is 74.0 cm³/mol. The Kier molecular flexibility index (Phi) is 6.12. The molecule has 0 heterocycles. The molecular formula is C14H26N2O3. The van der Waals surface area contributed by atoms with Crippen molar-refractivity contribution in [3.63, 3.8) is 0 Å². The van der Waals surface area contributed by atoms with E-state index in [4.69, 9.17) is 5.11 Å². The van der Waals surface area contributed by atoms with Crippen molar-refractivity contribution in [2.75, 3.05) is 0 Å². The summed E-state index contributed by atoms with van der Waals surface area (Å²) in [5.74, 6) is 0.400. The maximum absolute atomic E-state index is 11.8. The van der Waals surface area contributed by atoms with Crippen molar-refractivity contribution in [2.24, 2.45) is 11.8 Å². The molecule has 19 heavy (non-hydrogen) atoms. The largest absolute Gasteiger partial charge is 0.481 e.